The van der Waals surface area contributed by atoms with Crippen LogP contribution in [-0.4, -0.2) is 39.4 Å². The first-order valence-electron chi connectivity index (χ1n) is 9.63. The first-order chi connectivity index (χ1) is 13.7. The van der Waals surface area contributed by atoms with E-state index in [4.69, 9.17) is 0 Å². The number of nitrogens with zero attached hydrogens (tertiary/aromatic N) is 2. The van der Waals surface area contributed by atoms with Crippen LogP contribution in [0, 0.1) is 0 Å². The minimum Gasteiger partial charge on any atom is -0.351 e. The van der Waals surface area contributed by atoms with Gasteiger partial charge in [-0.25, -0.2) is 13.8 Å². The molecule has 6 nitrogen and oxygen atoms in total. The number of aromatic nitrogens is 3. The van der Waals surface area contributed by atoms with Crippen LogP contribution >= 0.6 is 0 Å². The number of hydrogen-bond acceptors (Lipinski definition) is 4. The van der Waals surface area contributed by atoms with Crippen molar-refractivity contribution in [2.45, 2.75) is 44.1 Å². The Morgan fingerprint density at radius 1 is 1.21 bits per heavy atom. The van der Waals surface area contributed by atoms with Crippen LogP contribution in [0.2, 0.25) is 0 Å². The number of amides is 1. The highest BCUT2D eigenvalue weighted by Gasteiger charge is 2.45. The molecule has 5 rings (SSSR count). The zero-order valence-corrected chi connectivity index (χ0v) is 16.1. The lowest BCUT2D eigenvalue weighted by molar-refractivity contribution is -0.0794. The lowest BCUT2D eigenvalue weighted by atomic mass is 9.78. The molecule has 0 bridgehead atoms. The van der Waals surface area contributed by atoms with Crippen molar-refractivity contribution >= 4 is 22.9 Å². The molecule has 3 heterocycles. The van der Waals surface area contributed by atoms with Gasteiger partial charge in [-0.3, -0.25) is 4.79 Å². The van der Waals surface area contributed by atoms with E-state index in [0.29, 0.717) is 23.7 Å². The molecule has 0 radical (unpaired) electrons. The molecule has 0 atom stereocenters. The lowest BCUT2D eigenvalue weighted by Crippen LogP contribution is -2.44. The molecule has 1 aromatic carbocycles. The van der Waals surface area contributed by atoms with Crippen LogP contribution in [-0.2, 0) is 5.41 Å². The number of aromatic amines is 1. The number of nitrogens with one attached hydrogen (secondary N) is 3. The molecule has 0 saturated heterocycles. The maximum Gasteiger partial charge on any atom is 0.252 e. The highest BCUT2D eigenvalue weighted by molar-refractivity contribution is 5.99. The van der Waals surface area contributed by atoms with E-state index < -0.39 is 5.92 Å². The number of carbonyl (C=O) groups excluding carboxylic acids is 1. The van der Waals surface area contributed by atoms with Crippen molar-refractivity contribution in [1.82, 2.24) is 20.3 Å². The Bertz CT molecular complexity index is 1130. The summed E-state index contributed by atoms with van der Waals surface area (Å²) in [5.41, 5.74) is 4.09. The number of benzene rings is 1. The SMILES string of the molecule is CC1(C)CNC(=O)c2ccc(-c3c[nH]c4nc(NC5CC(F)(F)C5)ncc34)cc21. The molecule has 1 aliphatic carbocycles. The predicted octanol–water partition coefficient (Wildman–Crippen LogP) is 3.86. The van der Waals surface area contributed by atoms with E-state index in [2.05, 4.69) is 45.5 Å². The largest absolute Gasteiger partial charge is 0.351 e. The van der Waals surface area contributed by atoms with Gasteiger partial charge in [0.1, 0.15) is 5.65 Å². The second kappa shape index (κ2) is 5.98. The van der Waals surface area contributed by atoms with Crippen molar-refractivity contribution in [3.8, 4) is 11.1 Å². The molecule has 150 valence electrons. The summed E-state index contributed by atoms with van der Waals surface area (Å²) in [6.07, 6.45) is 3.18. The van der Waals surface area contributed by atoms with Crippen LogP contribution in [0.5, 0.6) is 0 Å². The number of halogens is 2. The Hall–Kier alpha value is -3.03. The summed E-state index contributed by atoms with van der Waals surface area (Å²) in [6, 6.07) is 5.53. The molecule has 8 heteroatoms. The maximum atomic E-state index is 13.0. The first-order valence-corrected chi connectivity index (χ1v) is 9.63. The molecule has 3 N–H and O–H groups in total. The summed E-state index contributed by atoms with van der Waals surface area (Å²) in [5, 5.41) is 6.73. The monoisotopic (exact) mass is 397 g/mol. The summed E-state index contributed by atoms with van der Waals surface area (Å²) in [4.78, 5) is 24.1. The van der Waals surface area contributed by atoms with E-state index in [1.165, 1.54) is 0 Å². The molecule has 2 aliphatic rings. The summed E-state index contributed by atoms with van der Waals surface area (Å²) < 4.78 is 26.0. The molecule has 29 heavy (non-hydrogen) atoms. The van der Waals surface area contributed by atoms with E-state index in [9.17, 15) is 13.6 Å². The third-order valence-corrected chi connectivity index (χ3v) is 5.85. The van der Waals surface area contributed by atoms with Crippen LogP contribution in [0.4, 0.5) is 14.7 Å². The third kappa shape index (κ3) is 3.03. The van der Waals surface area contributed by atoms with Crippen molar-refractivity contribution < 1.29 is 13.6 Å². The topological polar surface area (TPSA) is 82.7 Å². The summed E-state index contributed by atoms with van der Waals surface area (Å²) in [7, 11) is 0. The van der Waals surface area contributed by atoms with Crippen LogP contribution in [0.15, 0.2) is 30.6 Å². The normalized spacial score (nSPS) is 20.1. The Morgan fingerprint density at radius 2 is 2.00 bits per heavy atom. The van der Waals surface area contributed by atoms with E-state index in [1.807, 2.05) is 18.3 Å². The molecule has 0 unspecified atom stereocenters. The molecular weight excluding hydrogens is 376 g/mol. The molecule has 2 aromatic heterocycles. The Labute approximate surface area is 166 Å². The van der Waals surface area contributed by atoms with Crippen molar-refractivity contribution in [1.29, 1.82) is 0 Å². The van der Waals surface area contributed by atoms with Gasteiger partial charge in [0.25, 0.3) is 11.8 Å². The minimum absolute atomic E-state index is 0.0505. The number of fused-ring (bicyclic) bond motifs is 2. The number of alkyl halides is 2. The zero-order valence-electron chi connectivity index (χ0n) is 16.1. The van der Waals surface area contributed by atoms with Crippen LogP contribution in [0.25, 0.3) is 22.2 Å². The molecular formula is C21H21F2N5O. The van der Waals surface area contributed by atoms with Gasteiger partial charge in [0.15, 0.2) is 0 Å². The fraction of sp³-hybridized carbons (Fsp3) is 0.381. The molecule has 3 aromatic rings. The molecule has 1 amide bonds. The highest BCUT2D eigenvalue weighted by Crippen LogP contribution is 2.39. The van der Waals surface area contributed by atoms with Gasteiger partial charge in [-0.1, -0.05) is 19.9 Å². The average Bonchev–Trinajstić information content (AvgIpc) is 3.07. The fourth-order valence-corrected chi connectivity index (χ4v) is 4.12. The third-order valence-electron chi connectivity index (χ3n) is 5.85. The first kappa shape index (κ1) is 18.0. The van der Waals surface area contributed by atoms with Gasteiger partial charge in [0.2, 0.25) is 5.95 Å². The molecule has 1 aliphatic heterocycles. The van der Waals surface area contributed by atoms with Crippen LogP contribution in [0.3, 0.4) is 0 Å². The standard InChI is InChI=1S/C21H21F2N5O/c1-20(2)10-26-18(29)13-4-3-11(5-16(13)20)14-8-24-17-15(14)9-25-19(28-17)27-12-6-21(22,23)7-12/h3-5,8-9,12H,6-7,10H2,1-2H3,(H,26,29)(H2,24,25,27,28). The van der Waals surface area contributed by atoms with Crippen molar-refractivity contribution in [2.24, 2.45) is 0 Å². The molecule has 1 fully saturated rings. The predicted molar refractivity (Wildman–Crippen MR) is 106 cm³/mol. The van der Waals surface area contributed by atoms with E-state index in [0.717, 1.165) is 22.1 Å². The number of carbonyl (C=O) groups is 1. The van der Waals surface area contributed by atoms with Crippen molar-refractivity contribution in [2.75, 3.05) is 11.9 Å². The number of anilines is 1. The van der Waals surface area contributed by atoms with Crippen LogP contribution < -0.4 is 10.6 Å². The van der Waals surface area contributed by atoms with Gasteiger partial charge < -0.3 is 15.6 Å². The van der Waals surface area contributed by atoms with Gasteiger partial charge in [-0.2, -0.15) is 4.98 Å². The Kier molecular flexibility index (Phi) is 3.72. The fourth-order valence-electron chi connectivity index (χ4n) is 4.12. The lowest BCUT2D eigenvalue weighted by Gasteiger charge is -2.35. The summed E-state index contributed by atoms with van der Waals surface area (Å²) in [6.45, 7) is 4.80. The van der Waals surface area contributed by atoms with Gasteiger partial charge in [0.05, 0.1) is 0 Å². The second-order valence-electron chi connectivity index (χ2n) is 8.59. The van der Waals surface area contributed by atoms with Gasteiger partial charge >= 0.3 is 0 Å². The number of hydrogen-bond donors (Lipinski definition) is 3. The van der Waals surface area contributed by atoms with E-state index in [-0.39, 0.29) is 30.2 Å². The molecule has 1 saturated carbocycles. The summed E-state index contributed by atoms with van der Waals surface area (Å²) in [5.74, 6) is -2.29. The number of rotatable bonds is 3. The van der Waals surface area contributed by atoms with Gasteiger partial charge in [-0.05, 0) is 23.3 Å². The molecule has 0 spiro atoms. The Balaban J connectivity index is 1.48. The maximum absolute atomic E-state index is 13.0. The number of H-pyrrole nitrogens is 1. The van der Waals surface area contributed by atoms with Gasteiger partial charge in [0, 0.05) is 59.8 Å². The van der Waals surface area contributed by atoms with Crippen molar-refractivity contribution in [3.63, 3.8) is 0 Å². The Morgan fingerprint density at radius 3 is 2.76 bits per heavy atom. The zero-order chi connectivity index (χ0) is 20.4. The minimum atomic E-state index is -2.58. The van der Waals surface area contributed by atoms with Gasteiger partial charge in [-0.15, -0.1) is 0 Å². The van der Waals surface area contributed by atoms with E-state index in [1.54, 1.807) is 6.20 Å². The smallest absolute Gasteiger partial charge is 0.252 e. The highest BCUT2D eigenvalue weighted by atomic mass is 19.3. The van der Waals surface area contributed by atoms with Crippen molar-refractivity contribution in [3.05, 3.63) is 41.7 Å². The summed E-state index contributed by atoms with van der Waals surface area (Å²) >= 11 is 0. The van der Waals surface area contributed by atoms with E-state index >= 15 is 0 Å². The van der Waals surface area contributed by atoms with Crippen LogP contribution in [0.1, 0.15) is 42.6 Å². The quantitative estimate of drug-likeness (QED) is 0.627. The average molecular weight is 397 g/mol. The second-order valence-corrected chi connectivity index (χ2v) is 8.59.